The fourth-order valence-electron chi connectivity index (χ4n) is 1.24. The average Bonchev–Trinajstić information content (AvgIpc) is 2.35. The number of primary amides is 1. The summed E-state index contributed by atoms with van der Waals surface area (Å²) in [6, 6.07) is -0.425. The lowest BCUT2D eigenvalue weighted by Gasteiger charge is -2.17. The lowest BCUT2D eigenvalue weighted by molar-refractivity contribution is -0.122. The van der Waals surface area contributed by atoms with Gasteiger partial charge in [-0.1, -0.05) is 13.8 Å². The summed E-state index contributed by atoms with van der Waals surface area (Å²) in [7, 11) is 0. The summed E-state index contributed by atoms with van der Waals surface area (Å²) >= 11 is 4.94. The second kappa shape index (κ2) is 3.69. The molecule has 0 radical (unpaired) electrons. The molecule has 1 rings (SSSR count). The maximum absolute atomic E-state index is 11.1. The topological polar surface area (TPSA) is 76.7 Å². The monoisotopic (exact) mass is 200 g/mol. The number of amides is 1. The predicted molar refractivity (Wildman–Crippen MR) is 50.5 cm³/mol. The van der Waals surface area contributed by atoms with Gasteiger partial charge in [-0.05, 0) is 18.1 Å². The first-order valence-electron chi connectivity index (χ1n) is 3.95. The SMILES string of the molecule is CC(C)C(C(N)=O)n1cn[nH]c1=S. The maximum Gasteiger partial charge on any atom is 0.240 e. The molecular formula is C7H12N4OS. The average molecular weight is 200 g/mol. The Morgan fingerprint density at radius 1 is 1.77 bits per heavy atom. The molecular weight excluding hydrogens is 188 g/mol. The fraction of sp³-hybridized carbons (Fsp3) is 0.571. The van der Waals surface area contributed by atoms with Crippen molar-refractivity contribution in [1.29, 1.82) is 0 Å². The highest BCUT2D eigenvalue weighted by atomic mass is 32.1. The van der Waals surface area contributed by atoms with Gasteiger partial charge in [-0.2, -0.15) is 5.10 Å². The summed E-state index contributed by atoms with van der Waals surface area (Å²) in [5.74, 6) is -0.297. The third-order valence-corrected chi connectivity index (χ3v) is 2.10. The Labute approximate surface area is 80.9 Å². The van der Waals surface area contributed by atoms with E-state index in [4.69, 9.17) is 18.0 Å². The number of rotatable bonds is 3. The van der Waals surface area contributed by atoms with Gasteiger partial charge < -0.3 is 5.73 Å². The van der Waals surface area contributed by atoms with Crippen LogP contribution in [-0.4, -0.2) is 20.7 Å². The van der Waals surface area contributed by atoms with Crippen molar-refractivity contribution >= 4 is 18.1 Å². The van der Waals surface area contributed by atoms with Crippen molar-refractivity contribution in [3.8, 4) is 0 Å². The van der Waals surface area contributed by atoms with Crippen molar-refractivity contribution in [1.82, 2.24) is 14.8 Å². The highest BCUT2D eigenvalue weighted by Crippen LogP contribution is 2.16. The van der Waals surface area contributed by atoms with Gasteiger partial charge in [0.15, 0.2) is 4.77 Å². The van der Waals surface area contributed by atoms with E-state index in [0.717, 1.165) is 0 Å². The molecule has 0 aliphatic rings. The van der Waals surface area contributed by atoms with Crippen LogP contribution in [-0.2, 0) is 4.79 Å². The van der Waals surface area contributed by atoms with Crippen LogP contribution in [0, 0.1) is 10.7 Å². The summed E-state index contributed by atoms with van der Waals surface area (Å²) < 4.78 is 1.99. The van der Waals surface area contributed by atoms with E-state index in [1.165, 1.54) is 6.33 Å². The lowest BCUT2D eigenvalue weighted by atomic mass is 10.0. The van der Waals surface area contributed by atoms with E-state index in [1.54, 1.807) is 4.57 Å². The van der Waals surface area contributed by atoms with E-state index < -0.39 is 11.9 Å². The van der Waals surface area contributed by atoms with Crippen molar-refractivity contribution < 1.29 is 4.79 Å². The highest BCUT2D eigenvalue weighted by Gasteiger charge is 2.21. The number of hydrogen-bond acceptors (Lipinski definition) is 3. The fourth-order valence-corrected chi connectivity index (χ4v) is 1.45. The van der Waals surface area contributed by atoms with Crippen molar-refractivity contribution in [2.24, 2.45) is 11.7 Å². The highest BCUT2D eigenvalue weighted by molar-refractivity contribution is 7.71. The first kappa shape index (κ1) is 9.91. The number of hydrogen-bond donors (Lipinski definition) is 2. The molecule has 0 bridgehead atoms. The van der Waals surface area contributed by atoms with E-state index in [0.29, 0.717) is 4.77 Å². The van der Waals surface area contributed by atoms with Gasteiger partial charge in [0.05, 0.1) is 0 Å². The molecule has 1 amide bonds. The van der Waals surface area contributed by atoms with Crippen LogP contribution >= 0.6 is 12.2 Å². The van der Waals surface area contributed by atoms with Crippen LogP contribution in [0.15, 0.2) is 6.33 Å². The molecule has 5 nitrogen and oxygen atoms in total. The molecule has 0 fully saturated rings. The van der Waals surface area contributed by atoms with E-state index in [-0.39, 0.29) is 5.92 Å². The van der Waals surface area contributed by atoms with Crippen LogP contribution < -0.4 is 5.73 Å². The quantitative estimate of drug-likeness (QED) is 0.702. The molecule has 6 heteroatoms. The molecule has 0 aliphatic heterocycles. The molecule has 0 aromatic carbocycles. The molecule has 0 saturated heterocycles. The van der Waals surface area contributed by atoms with Gasteiger partial charge in [0.25, 0.3) is 0 Å². The number of nitrogens with one attached hydrogen (secondary N) is 1. The largest absolute Gasteiger partial charge is 0.368 e. The molecule has 72 valence electrons. The minimum Gasteiger partial charge on any atom is -0.368 e. The summed E-state index contributed by atoms with van der Waals surface area (Å²) in [5.41, 5.74) is 5.25. The minimum absolute atomic E-state index is 0.0989. The molecule has 1 heterocycles. The van der Waals surface area contributed by atoms with Crippen LogP contribution in [0.4, 0.5) is 0 Å². The Hall–Kier alpha value is -1.17. The van der Waals surface area contributed by atoms with E-state index in [2.05, 4.69) is 10.2 Å². The first-order valence-corrected chi connectivity index (χ1v) is 4.35. The lowest BCUT2D eigenvalue weighted by Crippen LogP contribution is -2.30. The summed E-state index contributed by atoms with van der Waals surface area (Å²) in [5, 5.41) is 6.31. The van der Waals surface area contributed by atoms with Crippen LogP contribution in [0.2, 0.25) is 0 Å². The third-order valence-electron chi connectivity index (χ3n) is 1.80. The molecule has 13 heavy (non-hydrogen) atoms. The Kier molecular flexibility index (Phi) is 2.82. The van der Waals surface area contributed by atoms with Crippen molar-refractivity contribution in [3.05, 3.63) is 11.1 Å². The number of carbonyl (C=O) groups is 1. The number of H-pyrrole nitrogens is 1. The normalized spacial score (nSPS) is 13.2. The van der Waals surface area contributed by atoms with Gasteiger partial charge in [0.2, 0.25) is 5.91 Å². The van der Waals surface area contributed by atoms with E-state index in [1.807, 2.05) is 13.8 Å². The van der Waals surface area contributed by atoms with Gasteiger partial charge in [-0.15, -0.1) is 0 Å². The first-order chi connectivity index (χ1) is 6.04. The van der Waals surface area contributed by atoms with Gasteiger partial charge in [-0.3, -0.25) is 14.5 Å². The number of carbonyl (C=O) groups excluding carboxylic acids is 1. The zero-order chi connectivity index (χ0) is 10.0. The standard InChI is InChI=1S/C7H12N4OS/c1-4(2)5(6(8)12)11-3-9-10-7(11)13/h3-5H,1-2H3,(H2,8,12)(H,10,13). The van der Waals surface area contributed by atoms with Crippen LogP contribution in [0.25, 0.3) is 0 Å². The van der Waals surface area contributed by atoms with Gasteiger partial charge >= 0.3 is 0 Å². The number of aromatic amines is 1. The number of nitrogens with two attached hydrogens (primary N) is 1. The summed E-state index contributed by atoms with van der Waals surface area (Å²) in [6.45, 7) is 3.81. The smallest absolute Gasteiger partial charge is 0.240 e. The number of aromatic nitrogens is 3. The van der Waals surface area contributed by atoms with Gasteiger partial charge in [-0.25, -0.2) is 0 Å². The molecule has 1 aromatic heterocycles. The second-order valence-corrected chi connectivity index (χ2v) is 3.55. The molecule has 1 aromatic rings. The zero-order valence-corrected chi connectivity index (χ0v) is 8.34. The minimum atomic E-state index is -0.425. The summed E-state index contributed by atoms with van der Waals surface area (Å²) in [6.07, 6.45) is 1.48. The Morgan fingerprint density at radius 3 is 2.69 bits per heavy atom. The van der Waals surface area contributed by atoms with Crippen molar-refractivity contribution in [2.45, 2.75) is 19.9 Å². The van der Waals surface area contributed by atoms with E-state index >= 15 is 0 Å². The maximum atomic E-state index is 11.1. The van der Waals surface area contributed by atoms with Crippen LogP contribution in [0.5, 0.6) is 0 Å². The Morgan fingerprint density at radius 2 is 2.38 bits per heavy atom. The summed E-state index contributed by atoms with van der Waals surface area (Å²) in [4.78, 5) is 11.1. The zero-order valence-electron chi connectivity index (χ0n) is 7.52. The van der Waals surface area contributed by atoms with Gasteiger partial charge in [0, 0.05) is 0 Å². The van der Waals surface area contributed by atoms with Crippen molar-refractivity contribution in [2.75, 3.05) is 0 Å². The predicted octanol–water partition coefficient (Wildman–Crippen LogP) is 0.623. The van der Waals surface area contributed by atoms with Crippen LogP contribution in [0.3, 0.4) is 0 Å². The molecule has 0 aliphatic carbocycles. The van der Waals surface area contributed by atoms with Crippen molar-refractivity contribution in [3.63, 3.8) is 0 Å². The molecule has 0 spiro atoms. The Balaban J connectivity index is 3.10. The molecule has 0 saturated carbocycles. The van der Waals surface area contributed by atoms with Gasteiger partial charge in [0.1, 0.15) is 12.4 Å². The molecule has 1 atom stereocenters. The molecule has 1 unspecified atom stereocenters. The Bertz CT molecular complexity index is 353. The van der Waals surface area contributed by atoms with Crippen LogP contribution in [0.1, 0.15) is 19.9 Å². The second-order valence-electron chi connectivity index (χ2n) is 3.16. The van der Waals surface area contributed by atoms with E-state index in [9.17, 15) is 4.79 Å². The molecule has 3 N–H and O–H groups in total. The number of nitrogens with zero attached hydrogens (tertiary/aromatic N) is 2. The third kappa shape index (κ3) is 1.95.